The maximum atomic E-state index is 8.93. The molecule has 2 fully saturated rings. The summed E-state index contributed by atoms with van der Waals surface area (Å²) >= 11 is 0. The van der Waals surface area contributed by atoms with Crippen molar-refractivity contribution in [1.82, 2.24) is 4.90 Å². The SMILES string of the molecule is CC(CO)CCCN1CC2(CCCC2)C1. The van der Waals surface area contributed by atoms with Crippen molar-refractivity contribution < 1.29 is 5.11 Å². The first kappa shape index (κ1) is 11.4. The maximum absolute atomic E-state index is 8.93. The molecule has 0 aromatic heterocycles. The zero-order valence-electron chi connectivity index (χ0n) is 10.0. The van der Waals surface area contributed by atoms with Gasteiger partial charge in [-0.2, -0.15) is 0 Å². The number of rotatable bonds is 5. The van der Waals surface area contributed by atoms with Crippen molar-refractivity contribution in [2.45, 2.75) is 45.4 Å². The average Bonchev–Trinajstić information content (AvgIpc) is 2.65. The minimum atomic E-state index is 0.351. The van der Waals surface area contributed by atoms with Gasteiger partial charge in [-0.3, -0.25) is 0 Å². The molecule has 0 radical (unpaired) electrons. The average molecular weight is 211 g/mol. The van der Waals surface area contributed by atoms with Crippen LogP contribution in [-0.4, -0.2) is 36.2 Å². The van der Waals surface area contributed by atoms with E-state index in [1.807, 2.05) is 0 Å². The first-order chi connectivity index (χ1) is 7.24. The number of hydrogen-bond acceptors (Lipinski definition) is 2. The summed E-state index contributed by atoms with van der Waals surface area (Å²) in [5, 5.41) is 8.93. The number of nitrogens with zero attached hydrogens (tertiary/aromatic N) is 1. The lowest BCUT2D eigenvalue weighted by molar-refractivity contribution is 0.00424. The van der Waals surface area contributed by atoms with Crippen LogP contribution < -0.4 is 0 Å². The Morgan fingerprint density at radius 3 is 2.53 bits per heavy atom. The van der Waals surface area contributed by atoms with Crippen LogP contribution in [0.5, 0.6) is 0 Å². The van der Waals surface area contributed by atoms with Crippen LogP contribution in [0.4, 0.5) is 0 Å². The molecule has 0 amide bonds. The molecule has 1 saturated carbocycles. The van der Waals surface area contributed by atoms with Crippen LogP contribution in [0.1, 0.15) is 45.4 Å². The molecule has 1 spiro atoms. The van der Waals surface area contributed by atoms with Crippen molar-refractivity contribution in [3.63, 3.8) is 0 Å². The summed E-state index contributed by atoms with van der Waals surface area (Å²) in [5.74, 6) is 0.492. The topological polar surface area (TPSA) is 23.5 Å². The van der Waals surface area contributed by atoms with Crippen molar-refractivity contribution in [3.8, 4) is 0 Å². The highest BCUT2D eigenvalue weighted by molar-refractivity contribution is 4.97. The van der Waals surface area contributed by atoms with Gasteiger partial charge in [-0.05, 0) is 43.6 Å². The van der Waals surface area contributed by atoms with Crippen LogP contribution in [0.15, 0.2) is 0 Å². The summed E-state index contributed by atoms with van der Waals surface area (Å²) < 4.78 is 0. The quantitative estimate of drug-likeness (QED) is 0.754. The summed E-state index contributed by atoms with van der Waals surface area (Å²) in [6.45, 7) is 6.46. The van der Waals surface area contributed by atoms with Gasteiger partial charge in [-0.25, -0.2) is 0 Å². The number of aliphatic hydroxyl groups is 1. The third-order valence-electron chi connectivity index (χ3n) is 4.27. The molecule has 2 aliphatic rings. The Hall–Kier alpha value is -0.0800. The van der Waals surface area contributed by atoms with E-state index in [-0.39, 0.29) is 0 Å². The summed E-state index contributed by atoms with van der Waals surface area (Å²) in [6, 6.07) is 0. The van der Waals surface area contributed by atoms with Crippen LogP contribution in [0, 0.1) is 11.3 Å². The van der Waals surface area contributed by atoms with Gasteiger partial charge in [-0.15, -0.1) is 0 Å². The summed E-state index contributed by atoms with van der Waals surface area (Å²) in [6.07, 6.45) is 8.34. The van der Waals surface area contributed by atoms with Crippen LogP contribution in [0.2, 0.25) is 0 Å². The molecule has 1 N–H and O–H groups in total. The predicted molar refractivity (Wildman–Crippen MR) is 62.8 cm³/mol. The monoisotopic (exact) mass is 211 g/mol. The third-order valence-corrected chi connectivity index (χ3v) is 4.27. The molecule has 1 aliphatic heterocycles. The van der Waals surface area contributed by atoms with E-state index in [4.69, 9.17) is 5.11 Å². The first-order valence-corrected chi connectivity index (χ1v) is 6.57. The first-order valence-electron chi connectivity index (χ1n) is 6.57. The molecule has 15 heavy (non-hydrogen) atoms. The minimum absolute atomic E-state index is 0.351. The molecule has 1 unspecified atom stereocenters. The van der Waals surface area contributed by atoms with Crippen molar-refractivity contribution in [2.24, 2.45) is 11.3 Å². The molecule has 1 heterocycles. The summed E-state index contributed by atoms with van der Waals surface area (Å²) in [5.41, 5.74) is 0.753. The second-order valence-corrected chi connectivity index (χ2v) is 5.85. The van der Waals surface area contributed by atoms with E-state index in [9.17, 15) is 0 Å². The second kappa shape index (κ2) is 4.84. The highest BCUT2D eigenvalue weighted by Gasteiger charge is 2.43. The van der Waals surface area contributed by atoms with Gasteiger partial charge in [0.1, 0.15) is 0 Å². The molecule has 0 aromatic carbocycles. The van der Waals surface area contributed by atoms with Crippen molar-refractivity contribution in [3.05, 3.63) is 0 Å². The Labute approximate surface area is 93.7 Å². The maximum Gasteiger partial charge on any atom is 0.0456 e. The Kier molecular flexibility index (Phi) is 3.68. The molecule has 2 heteroatoms. The Morgan fingerprint density at radius 1 is 1.27 bits per heavy atom. The molecular weight excluding hydrogens is 186 g/mol. The molecule has 1 atom stereocenters. The zero-order chi connectivity index (χ0) is 10.7. The Bertz CT molecular complexity index is 191. The molecule has 0 aromatic rings. The van der Waals surface area contributed by atoms with Crippen LogP contribution >= 0.6 is 0 Å². The van der Waals surface area contributed by atoms with E-state index in [2.05, 4.69) is 11.8 Å². The van der Waals surface area contributed by atoms with E-state index in [1.54, 1.807) is 0 Å². The molecule has 2 rings (SSSR count). The molecule has 0 bridgehead atoms. The van der Waals surface area contributed by atoms with E-state index in [0.29, 0.717) is 12.5 Å². The standard InChI is InChI=1S/C13H25NO/c1-12(9-15)5-4-8-14-10-13(11-14)6-2-3-7-13/h12,15H,2-11H2,1H3. The van der Waals surface area contributed by atoms with Gasteiger partial charge in [0, 0.05) is 19.7 Å². The van der Waals surface area contributed by atoms with Crippen LogP contribution in [-0.2, 0) is 0 Å². The van der Waals surface area contributed by atoms with Gasteiger partial charge in [-0.1, -0.05) is 19.8 Å². The Morgan fingerprint density at radius 2 is 1.93 bits per heavy atom. The van der Waals surface area contributed by atoms with Gasteiger partial charge in [0.05, 0.1) is 0 Å². The van der Waals surface area contributed by atoms with Gasteiger partial charge in [0.15, 0.2) is 0 Å². The van der Waals surface area contributed by atoms with E-state index >= 15 is 0 Å². The van der Waals surface area contributed by atoms with Crippen LogP contribution in [0.3, 0.4) is 0 Å². The molecular formula is C13H25NO. The molecule has 2 nitrogen and oxygen atoms in total. The number of aliphatic hydroxyl groups excluding tert-OH is 1. The third kappa shape index (κ3) is 2.73. The molecule has 88 valence electrons. The highest BCUT2D eigenvalue weighted by Crippen LogP contribution is 2.45. The number of likely N-dealkylation sites (tertiary alicyclic amines) is 1. The molecule has 1 aliphatic carbocycles. The van der Waals surface area contributed by atoms with Crippen molar-refractivity contribution in [1.29, 1.82) is 0 Å². The van der Waals surface area contributed by atoms with Crippen molar-refractivity contribution in [2.75, 3.05) is 26.2 Å². The lowest BCUT2D eigenvalue weighted by atomic mass is 9.78. The summed E-state index contributed by atoms with van der Waals surface area (Å²) in [4.78, 5) is 2.61. The Balaban J connectivity index is 1.56. The fourth-order valence-corrected chi connectivity index (χ4v) is 3.26. The van der Waals surface area contributed by atoms with Crippen LogP contribution in [0.25, 0.3) is 0 Å². The van der Waals surface area contributed by atoms with Gasteiger partial charge < -0.3 is 10.0 Å². The van der Waals surface area contributed by atoms with Gasteiger partial charge >= 0.3 is 0 Å². The lowest BCUT2D eigenvalue weighted by Gasteiger charge is -2.48. The smallest absolute Gasteiger partial charge is 0.0456 e. The highest BCUT2D eigenvalue weighted by atomic mass is 16.3. The molecule has 1 saturated heterocycles. The van der Waals surface area contributed by atoms with E-state index < -0.39 is 0 Å². The number of hydrogen-bond donors (Lipinski definition) is 1. The van der Waals surface area contributed by atoms with Gasteiger partial charge in [0.2, 0.25) is 0 Å². The minimum Gasteiger partial charge on any atom is -0.396 e. The lowest BCUT2D eigenvalue weighted by Crippen LogP contribution is -2.54. The van der Waals surface area contributed by atoms with Crippen molar-refractivity contribution >= 4 is 0 Å². The normalized spacial score (nSPS) is 26.8. The fraction of sp³-hybridized carbons (Fsp3) is 1.00. The second-order valence-electron chi connectivity index (χ2n) is 5.85. The fourth-order valence-electron chi connectivity index (χ4n) is 3.26. The summed E-state index contributed by atoms with van der Waals surface area (Å²) in [7, 11) is 0. The van der Waals surface area contributed by atoms with E-state index in [1.165, 1.54) is 58.2 Å². The van der Waals surface area contributed by atoms with Gasteiger partial charge in [0.25, 0.3) is 0 Å². The van der Waals surface area contributed by atoms with E-state index in [0.717, 1.165) is 5.41 Å². The largest absolute Gasteiger partial charge is 0.396 e. The zero-order valence-corrected chi connectivity index (χ0v) is 10.0. The predicted octanol–water partition coefficient (Wildman–Crippen LogP) is 2.27.